The van der Waals surface area contributed by atoms with Gasteiger partial charge in [-0.15, -0.1) is 0 Å². The molecule has 2 aromatic carbocycles. The zero-order valence-electron chi connectivity index (χ0n) is 11.8. The SMILES string of the molecule is C=C(c1ccc(OC)cc1)[Si](C)(C)c1ccccc1. The Bertz CT molecular complexity index is 556. The van der Waals surface area contributed by atoms with Gasteiger partial charge < -0.3 is 4.74 Å². The van der Waals surface area contributed by atoms with Crippen molar-refractivity contribution in [1.29, 1.82) is 0 Å². The predicted octanol–water partition coefficient (Wildman–Crippen LogP) is 3.86. The molecule has 2 heteroatoms. The van der Waals surface area contributed by atoms with Crippen molar-refractivity contribution in [2.24, 2.45) is 0 Å². The van der Waals surface area contributed by atoms with E-state index >= 15 is 0 Å². The van der Waals surface area contributed by atoms with Crippen molar-refractivity contribution in [3.8, 4) is 5.75 Å². The minimum absolute atomic E-state index is 0.885. The van der Waals surface area contributed by atoms with Gasteiger partial charge >= 0.3 is 0 Å². The second kappa shape index (κ2) is 5.45. The van der Waals surface area contributed by atoms with Gasteiger partial charge in [-0.2, -0.15) is 0 Å². The summed E-state index contributed by atoms with van der Waals surface area (Å²) in [6.07, 6.45) is 0. The van der Waals surface area contributed by atoms with E-state index in [-0.39, 0.29) is 0 Å². The van der Waals surface area contributed by atoms with Crippen molar-refractivity contribution in [3.63, 3.8) is 0 Å². The van der Waals surface area contributed by atoms with Gasteiger partial charge in [0.05, 0.1) is 7.11 Å². The molecule has 19 heavy (non-hydrogen) atoms. The molecule has 0 aliphatic heterocycles. The van der Waals surface area contributed by atoms with E-state index in [1.54, 1.807) is 7.11 Å². The Kier molecular flexibility index (Phi) is 3.91. The third kappa shape index (κ3) is 2.79. The zero-order chi connectivity index (χ0) is 13.9. The summed E-state index contributed by atoms with van der Waals surface area (Å²) >= 11 is 0. The van der Waals surface area contributed by atoms with Gasteiger partial charge in [-0.1, -0.05) is 72.5 Å². The fraction of sp³-hybridized carbons (Fsp3) is 0.176. The maximum Gasteiger partial charge on any atom is 0.118 e. The maximum atomic E-state index is 5.20. The molecule has 0 aromatic heterocycles. The standard InChI is InChI=1S/C17H20OSi/c1-14(15-10-12-16(18-2)13-11-15)19(3,4)17-8-6-5-7-9-17/h5-13H,1H2,2-4H3. The highest BCUT2D eigenvalue weighted by molar-refractivity contribution is 7.04. The highest BCUT2D eigenvalue weighted by Crippen LogP contribution is 2.25. The summed E-state index contributed by atoms with van der Waals surface area (Å²) in [6, 6.07) is 18.9. The minimum Gasteiger partial charge on any atom is -0.497 e. The molecule has 0 bridgehead atoms. The summed E-state index contributed by atoms with van der Waals surface area (Å²) in [5.74, 6) is 0.885. The van der Waals surface area contributed by atoms with Crippen LogP contribution < -0.4 is 9.92 Å². The van der Waals surface area contributed by atoms with Crippen LogP contribution >= 0.6 is 0 Å². The number of benzene rings is 2. The molecule has 0 atom stereocenters. The van der Waals surface area contributed by atoms with E-state index in [0.29, 0.717) is 0 Å². The van der Waals surface area contributed by atoms with E-state index in [9.17, 15) is 0 Å². The Labute approximate surface area is 116 Å². The number of hydrogen-bond donors (Lipinski definition) is 0. The van der Waals surface area contributed by atoms with Crippen LogP contribution in [0.4, 0.5) is 0 Å². The van der Waals surface area contributed by atoms with E-state index in [0.717, 1.165) is 5.75 Å². The van der Waals surface area contributed by atoms with Gasteiger partial charge in [0.2, 0.25) is 0 Å². The van der Waals surface area contributed by atoms with Gasteiger partial charge in [-0.3, -0.25) is 0 Å². The van der Waals surface area contributed by atoms with Crippen LogP contribution in [0.3, 0.4) is 0 Å². The van der Waals surface area contributed by atoms with Crippen LogP contribution in [0.5, 0.6) is 5.75 Å². The molecule has 2 aromatic rings. The number of hydrogen-bond acceptors (Lipinski definition) is 1. The number of ether oxygens (including phenoxy) is 1. The van der Waals surface area contributed by atoms with Crippen LogP contribution in [0.2, 0.25) is 13.1 Å². The summed E-state index contributed by atoms with van der Waals surface area (Å²) < 4.78 is 5.20. The van der Waals surface area contributed by atoms with Crippen molar-refractivity contribution < 1.29 is 4.74 Å². The quantitative estimate of drug-likeness (QED) is 0.765. The fourth-order valence-corrected chi connectivity index (χ4v) is 4.44. The summed E-state index contributed by atoms with van der Waals surface area (Å²) in [5, 5.41) is 2.66. The molecule has 0 fully saturated rings. The Morgan fingerprint density at radius 3 is 2.05 bits per heavy atom. The van der Waals surface area contributed by atoms with Crippen molar-refractivity contribution in [3.05, 3.63) is 66.7 Å². The zero-order valence-corrected chi connectivity index (χ0v) is 12.8. The molecule has 0 saturated heterocycles. The van der Waals surface area contributed by atoms with Crippen LogP contribution in [0, 0.1) is 0 Å². The molecular weight excluding hydrogens is 248 g/mol. The average molecular weight is 268 g/mol. The molecule has 0 heterocycles. The molecule has 0 N–H and O–H groups in total. The Hall–Kier alpha value is -1.80. The lowest BCUT2D eigenvalue weighted by Crippen LogP contribution is -2.42. The lowest BCUT2D eigenvalue weighted by atomic mass is 10.2. The Morgan fingerprint density at radius 2 is 1.53 bits per heavy atom. The second-order valence-electron chi connectivity index (χ2n) is 5.20. The van der Waals surface area contributed by atoms with E-state index in [1.807, 2.05) is 12.1 Å². The highest BCUT2D eigenvalue weighted by Gasteiger charge is 2.27. The first-order chi connectivity index (χ1) is 9.05. The third-order valence-electron chi connectivity index (χ3n) is 3.69. The molecule has 2 rings (SSSR count). The fourth-order valence-electron chi connectivity index (χ4n) is 2.18. The molecular formula is C17H20OSi. The largest absolute Gasteiger partial charge is 0.497 e. The molecule has 98 valence electrons. The van der Waals surface area contributed by atoms with Crippen LogP contribution in [-0.4, -0.2) is 15.2 Å². The lowest BCUT2D eigenvalue weighted by Gasteiger charge is -2.26. The van der Waals surface area contributed by atoms with Crippen LogP contribution in [0.25, 0.3) is 5.20 Å². The molecule has 0 radical (unpaired) electrons. The number of rotatable bonds is 4. The third-order valence-corrected chi connectivity index (χ3v) is 7.26. The van der Waals surface area contributed by atoms with E-state index < -0.39 is 8.07 Å². The van der Waals surface area contributed by atoms with E-state index in [4.69, 9.17) is 4.74 Å². The molecule has 1 nitrogen and oxygen atoms in total. The van der Waals surface area contributed by atoms with Gasteiger partial charge in [0.1, 0.15) is 13.8 Å². The second-order valence-corrected chi connectivity index (χ2v) is 9.63. The minimum atomic E-state index is -1.69. The van der Waals surface area contributed by atoms with Gasteiger partial charge in [0, 0.05) is 0 Å². The van der Waals surface area contributed by atoms with Gasteiger partial charge in [0.25, 0.3) is 0 Å². The molecule has 0 spiro atoms. The van der Waals surface area contributed by atoms with Crippen molar-refractivity contribution in [2.45, 2.75) is 13.1 Å². The average Bonchev–Trinajstić information content (AvgIpc) is 2.47. The first-order valence-corrected chi connectivity index (χ1v) is 9.45. The van der Waals surface area contributed by atoms with Gasteiger partial charge in [-0.05, 0) is 17.7 Å². The Morgan fingerprint density at radius 1 is 0.947 bits per heavy atom. The topological polar surface area (TPSA) is 9.23 Å². The van der Waals surface area contributed by atoms with Crippen LogP contribution in [0.1, 0.15) is 5.56 Å². The van der Waals surface area contributed by atoms with E-state index in [1.165, 1.54) is 15.9 Å². The number of methoxy groups -OCH3 is 1. The summed E-state index contributed by atoms with van der Waals surface area (Å²) in [4.78, 5) is 0. The van der Waals surface area contributed by atoms with Crippen LogP contribution in [-0.2, 0) is 0 Å². The maximum absolute atomic E-state index is 5.20. The lowest BCUT2D eigenvalue weighted by molar-refractivity contribution is 0.415. The first kappa shape index (κ1) is 13.6. The van der Waals surface area contributed by atoms with Gasteiger partial charge in [-0.25, -0.2) is 0 Å². The highest BCUT2D eigenvalue weighted by atomic mass is 28.3. The van der Waals surface area contributed by atoms with Crippen molar-refractivity contribution in [1.82, 2.24) is 0 Å². The van der Waals surface area contributed by atoms with Crippen LogP contribution in [0.15, 0.2) is 61.2 Å². The normalized spacial score (nSPS) is 11.1. The molecule has 0 amide bonds. The summed E-state index contributed by atoms with van der Waals surface area (Å²) in [7, 11) is 0.000506. The first-order valence-electron chi connectivity index (χ1n) is 6.45. The van der Waals surface area contributed by atoms with Crippen molar-refractivity contribution >= 4 is 18.5 Å². The van der Waals surface area contributed by atoms with Crippen molar-refractivity contribution in [2.75, 3.05) is 7.11 Å². The predicted molar refractivity (Wildman–Crippen MR) is 85.6 cm³/mol. The summed E-state index contributed by atoms with van der Waals surface area (Å²) in [5.41, 5.74) is 1.21. The molecule has 0 saturated carbocycles. The molecule has 0 aliphatic carbocycles. The van der Waals surface area contributed by atoms with E-state index in [2.05, 4.69) is 62.1 Å². The molecule has 0 aliphatic rings. The summed E-state index contributed by atoms with van der Waals surface area (Å²) in [6.45, 7) is 9.03. The Balaban J connectivity index is 2.32. The molecule has 0 unspecified atom stereocenters. The smallest absolute Gasteiger partial charge is 0.118 e. The van der Waals surface area contributed by atoms with Gasteiger partial charge in [0.15, 0.2) is 0 Å². The monoisotopic (exact) mass is 268 g/mol.